The van der Waals surface area contributed by atoms with Gasteiger partial charge in [0.05, 0.1) is 23.5 Å². The molecule has 0 bridgehead atoms. The normalized spacial score (nSPS) is 14.3. The van der Waals surface area contributed by atoms with Crippen molar-refractivity contribution in [3.05, 3.63) is 58.9 Å². The second-order valence-electron chi connectivity index (χ2n) is 4.49. The topological polar surface area (TPSA) is 34.9 Å². The summed E-state index contributed by atoms with van der Waals surface area (Å²) < 4.78 is 27.9. The minimum absolute atomic E-state index is 0.0767. The van der Waals surface area contributed by atoms with Gasteiger partial charge in [-0.15, -0.1) is 0 Å². The maximum Gasteiger partial charge on any atom is 0.163 e. The van der Waals surface area contributed by atoms with Crippen molar-refractivity contribution < 1.29 is 13.6 Å². The monoisotopic (exact) mass is 260 g/mol. The van der Waals surface area contributed by atoms with E-state index in [1.807, 2.05) is 13.0 Å². The van der Waals surface area contributed by atoms with Gasteiger partial charge in [0.2, 0.25) is 0 Å². The average Bonchev–Trinajstić information content (AvgIpc) is 2.72. The molecule has 5 heteroatoms. The average molecular weight is 260 g/mol. The highest BCUT2D eigenvalue weighted by Crippen LogP contribution is 2.25. The number of ketones is 1. The number of hydrogen-bond donors (Lipinski definition) is 0. The molecule has 2 heterocycles. The number of benzene rings is 1. The van der Waals surface area contributed by atoms with Crippen LogP contribution in [0.25, 0.3) is 5.70 Å². The molecule has 2 aromatic rings. The van der Waals surface area contributed by atoms with Crippen LogP contribution in [0.1, 0.15) is 17.0 Å². The number of aryl methyl sites for hydroxylation is 1. The van der Waals surface area contributed by atoms with Gasteiger partial charge in [0.15, 0.2) is 17.4 Å². The van der Waals surface area contributed by atoms with Crippen LogP contribution >= 0.6 is 0 Å². The first kappa shape index (κ1) is 11.8. The molecule has 0 saturated heterocycles. The van der Waals surface area contributed by atoms with Crippen molar-refractivity contribution in [1.29, 1.82) is 0 Å². The largest absolute Gasteiger partial charge is 0.294 e. The van der Waals surface area contributed by atoms with Gasteiger partial charge < -0.3 is 0 Å². The molecule has 0 radical (unpaired) electrons. The molecular formula is C14H10F2N2O. The second kappa shape index (κ2) is 4.12. The Morgan fingerprint density at radius 1 is 1.21 bits per heavy atom. The molecule has 0 N–H and O–H groups in total. The minimum Gasteiger partial charge on any atom is -0.294 e. The van der Waals surface area contributed by atoms with Crippen LogP contribution in [-0.2, 0) is 11.2 Å². The lowest BCUT2D eigenvalue weighted by Gasteiger charge is -2.15. The number of carbonyl (C=O) groups is 1. The molecule has 19 heavy (non-hydrogen) atoms. The summed E-state index contributed by atoms with van der Waals surface area (Å²) in [5.41, 5.74) is 2.43. The molecule has 3 nitrogen and oxygen atoms in total. The van der Waals surface area contributed by atoms with E-state index in [-0.39, 0.29) is 12.2 Å². The summed E-state index contributed by atoms with van der Waals surface area (Å²) in [7, 11) is 0. The molecule has 0 amide bonds. The summed E-state index contributed by atoms with van der Waals surface area (Å²) >= 11 is 0. The zero-order chi connectivity index (χ0) is 13.6. The first-order valence-electron chi connectivity index (χ1n) is 5.80. The Hall–Kier alpha value is -2.30. The smallest absolute Gasteiger partial charge is 0.163 e. The lowest BCUT2D eigenvalue weighted by atomic mass is 10.0. The van der Waals surface area contributed by atoms with E-state index >= 15 is 0 Å². The van der Waals surface area contributed by atoms with Crippen molar-refractivity contribution in [3.63, 3.8) is 0 Å². The van der Waals surface area contributed by atoms with Gasteiger partial charge in [-0.3, -0.25) is 4.79 Å². The maximum absolute atomic E-state index is 13.3. The number of allylic oxidation sites excluding steroid dienone is 1. The van der Waals surface area contributed by atoms with Gasteiger partial charge in [0.1, 0.15) is 0 Å². The fraction of sp³-hybridized carbons (Fsp3) is 0.143. The van der Waals surface area contributed by atoms with Crippen LogP contribution in [0.5, 0.6) is 0 Å². The fourth-order valence-electron chi connectivity index (χ4n) is 2.19. The third-order valence-corrected chi connectivity index (χ3v) is 3.00. The lowest BCUT2D eigenvalue weighted by Crippen LogP contribution is -2.16. The summed E-state index contributed by atoms with van der Waals surface area (Å²) in [4.78, 5) is 11.7. The summed E-state index contributed by atoms with van der Waals surface area (Å²) in [5.74, 6) is -1.93. The highest BCUT2D eigenvalue weighted by Gasteiger charge is 2.20. The third kappa shape index (κ3) is 1.97. The number of hydrogen-bond acceptors (Lipinski definition) is 2. The highest BCUT2D eigenvalue weighted by atomic mass is 19.2. The van der Waals surface area contributed by atoms with Crippen LogP contribution in [0.2, 0.25) is 0 Å². The van der Waals surface area contributed by atoms with E-state index in [4.69, 9.17) is 0 Å². The highest BCUT2D eigenvalue weighted by molar-refractivity contribution is 5.99. The van der Waals surface area contributed by atoms with Crippen LogP contribution in [0.15, 0.2) is 30.3 Å². The van der Waals surface area contributed by atoms with Crippen molar-refractivity contribution in [2.75, 3.05) is 0 Å². The Morgan fingerprint density at radius 3 is 2.74 bits per heavy atom. The first-order valence-corrected chi connectivity index (χ1v) is 5.80. The summed E-state index contributed by atoms with van der Waals surface area (Å²) in [5, 5.41) is 4.28. The summed E-state index contributed by atoms with van der Waals surface area (Å²) in [6.45, 7) is 1.82. The molecule has 0 fully saturated rings. The van der Waals surface area contributed by atoms with Crippen molar-refractivity contribution in [3.8, 4) is 0 Å². The van der Waals surface area contributed by atoms with Crippen LogP contribution in [0, 0.1) is 18.6 Å². The van der Waals surface area contributed by atoms with Gasteiger partial charge in [-0.2, -0.15) is 5.10 Å². The van der Waals surface area contributed by atoms with Crippen molar-refractivity contribution in [2.24, 2.45) is 0 Å². The molecule has 0 atom stereocenters. The molecule has 0 unspecified atom stereocenters. The SMILES string of the molecule is Cc1cc2n(n1)C(c1ccc(F)c(F)c1)=CC(=O)C2. The van der Waals surface area contributed by atoms with Gasteiger partial charge in [-0.1, -0.05) is 0 Å². The Morgan fingerprint density at radius 2 is 2.00 bits per heavy atom. The third-order valence-electron chi connectivity index (χ3n) is 3.00. The van der Waals surface area contributed by atoms with Gasteiger partial charge >= 0.3 is 0 Å². The Bertz CT molecular complexity index is 716. The fourth-order valence-corrected chi connectivity index (χ4v) is 2.19. The zero-order valence-corrected chi connectivity index (χ0v) is 10.2. The molecule has 96 valence electrons. The summed E-state index contributed by atoms with van der Waals surface area (Å²) in [6.07, 6.45) is 1.68. The van der Waals surface area contributed by atoms with E-state index < -0.39 is 11.6 Å². The standard InChI is InChI=1S/C14H10F2N2O/c1-8-4-10-6-11(19)7-14(18(10)17-8)9-2-3-12(15)13(16)5-9/h2-5,7H,6H2,1H3. The number of carbonyl (C=O) groups excluding carboxylic acids is 1. The van der Waals surface area contributed by atoms with E-state index in [2.05, 4.69) is 5.10 Å². The predicted octanol–water partition coefficient (Wildman–Crippen LogP) is 2.48. The van der Waals surface area contributed by atoms with Gasteiger partial charge in [0, 0.05) is 11.6 Å². The Kier molecular flexibility index (Phi) is 2.55. The molecule has 1 aromatic carbocycles. The minimum atomic E-state index is -0.943. The van der Waals surface area contributed by atoms with Gasteiger partial charge in [-0.25, -0.2) is 13.5 Å². The van der Waals surface area contributed by atoms with E-state index in [0.717, 1.165) is 23.5 Å². The molecule has 0 spiro atoms. The number of halogens is 2. The van der Waals surface area contributed by atoms with E-state index in [0.29, 0.717) is 11.3 Å². The van der Waals surface area contributed by atoms with Crippen LogP contribution in [0.3, 0.4) is 0 Å². The molecule has 0 aliphatic carbocycles. The van der Waals surface area contributed by atoms with Crippen LogP contribution in [-0.4, -0.2) is 15.6 Å². The van der Waals surface area contributed by atoms with Crippen LogP contribution in [0.4, 0.5) is 8.78 Å². The molecular weight excluding hydrogens is 250 g/mol. The second-order valence-corrected chi connectivity index (χ2v) is 4.49. The van der Waals surface area contributed by atoms with Crippen molar-refractivity contribution in [2.45, 2.75) is 13.3 Å². The van der Waals surface area contributed by atoms with Gasteiger partial charge in [0.25, 0.3) is 0 Å². The lowest BCUT2D eigenvalue weighted by molar-refractivity contribution is -0.114. The number of fused-ring (bicyclic) bond motifs is 1. The molecule has 0 saturated carbocycles. The van der Waals surface area contributed by atoms with Crippen LogP contribution < -0.4 is 0 Å². The first-order chi connectivity index (χ1) is 9.04. The zero-order valence-electron chi connectivity index (χ0n) is 10.2. The Balaban J connectivity index is 2.17. The number of nitrogens with zero attached hydrogens (tertiary/aromatic N) is 2. The van der Waals surface area contributed by atoms with E-state index in [1.165, 1.54) is 12.1 Å². The molecule has 1 aliphatic rings. The van der Waals surface area contributed by atoms with E-state index in [9.17, 15) is 13.6 Å². The summed E-state index contributed by atoms with van der Waals surface area (Å²) in [6, 6.07) is 5.36. The molecule has 1 aliphatic heterocycles. The predicted molar refractivity (Wildman–Crippen MR) is 65.4 cm³/mol. The van der Waals surface area contributed by atoms with Gasteiger partial charge in [-0.05, 0) is 31.2 Å². The molecule has 3 rings (SSSR count). The van der Waals surface area contributed by atoms with Crippen molar-refractivity contribution in [1.82, 2.24) is 9.78 Å². The Labute approximate surface area is 108 Å². The van der Waals surface area contributed by atoms with E-state index in [1.54, 1.807) is 4.68 Å². The number of rotatable bonds is 1. The quantitative estimate of drug-likeness (QED) is 0.789. The molecule has 1 aromatic heterocycles. The maximum atomic E-state index is 13.3. The van der Waals surface area contributed by atoms with Crippen molar-refractivity contribution >= 4 is 11.5 Å². The number of aromatic nitrogens is 2.